The summed E-state index contributed by atoms with van der Waals surface area (Å²) in [6.07, 6.45) is 11.7. The second-order valence-electron chi connectivity index (χ2n) is 10.9. The largest absolute Gasteiger partial charge is 0.445 e. The van der Waals surface area contributed by atoms with E-state index >= 15 is 0 Å². The fraction of sp³-hybridized carbons (Fsp3) is 0.500. The molecule has 1 amide bonds. The highest BCUT2D eigenvalue weighted by molar-refractivity contribution is 6.23. The molecule has 37 heavy (non-hydrogen) atoms. The van der Waals surface area contributed by atoms with Gasteiger partial charge in [-0.2, -0.15) is 0 Å². The summed E-state index contributed by atoms with van der Waals surface area (Å²) < 4.78 is 6.06. The molecule has 0 heterocycles. The maximum atomic E-state index is 13.6. The van der Waals surface area contributed by atoms with Crippen LogP contribution in [-0.2, 0) is 11.3 Å². The predicted molar refractivity (Wildman–Crippen MR) is 159 cm³/mol. The molecule has 2 atom stereocenters. The van der Waals surface area contributed by atoms with Crippen LogP contribution in [0.25, 0.3) is 32.3 Å². The van der Waals surface area contributed by atoms with E-state index in [4.69, 9.17) is 4.74 Å². The fourth-order valence-electron chi connectivity index (χ4n) is 5.94. The van der Waals surface area contributed by atoms with Gasteiger partial charge in [-0.1, -0.05) is 120 Å². The van der Waals surface area contributed by atoms with Crippen molar-refractivity contribution < 1.29 is 9.53 Å². The van der Waals surface area contributed by atoms with Crippen LogP contribution in [0.4, 0.5) is 4.79 Å². The number of hydrogen-bond acceptors (Lipinski definition) is 2. The van der Waals surface area contributed by atoms with Gasteiger partial charge in [0.2, 0.25) is 0 Å². The Morgan fingerprint density at radius 3 is 1.84 bits per heavy atom. The van der Waals surface area contributed by atoms with Crippen molar-refractivity contribution in [1.29, 1.82) is 0 Å². The van der Waals surface area contributed by atoms with Gasteiger partial charge in [0.1, 0.15) is 6.61 Å². The standard InChI is InChI=1S/C34H45NO2/c1-5-7-9-11-14-25(3)35(26(4)15-12-10-8-6-2)34(36)37-24-30-21-20-29-19-18-27-16-13-17-28-22-23-31(30)33(29)32(27)28/h13,16-23,25-26H,5-12,14-15,24H2,1-4H3. The molecule has 2 unspecified atom stereocenters. The van der Waals surface area contributed by atoms with Gasteiger partial charge in [-0.3, -0.25) is 0 Å². The molecule has 0 fully saturated rings. The Labute approximate surface area is 223 Å². The van der Waals surface area contributed by atoms with Crippen molar-refractivity contribution in [3.05, 3.63) is 60.2 Å². The van der Waals surface area contributed by atoms with Gasteiger partial charge >= 0.3 is 6.09 Å². The van der Waals surface area contributed by atoms with E-state index in [1.54, 1.807) is 0 Å². The topological polar surface area (TPSA) is 29.5 Å². The minimum Gasteiger partial charge on any atom is -0.445 e. The summed E-state index contributed by atoms with van der Waals surface area (Å²) >= 11 is 0. The zero-order valence-corrected chi connectivity index (χ0v) is 23.4. The van der Waals surface area contributed by atoms with Gasteiger partial charge in [-0.15, -0.1) is 0 Å². The molecule has 198 valence electrons. The Morgan fingerprint density at radius 1 is 0.703 bits per heavy atom. The van der Waals surface area contributed by atoms with E-state index in [0.717, 1.165) is 31.2 Å². The van der Waals surface area contributed by atoms with Crippen molar-refractivity contribution >= 4 is 38.4 Å². The number of ether oxygens (including phenoxy) is 1. The number of amides is 1. The molecule has 3 heteroatoms. The van der Waals surface area contributed by atoms with E-state index in [1.807, 2.05) is 4.90 Å². The summed E-state index contributed by atoms with van der Waals surface area (Å²) in [6, 6.07) is 19.9. The minimum atomic E-state index is -0.170. The van der Waals surface area contributed by atoms with Gasteiger partial charge in [0, 0.05) is 12.1 Å². The highest BCUT2D eigenvalue weighted by Crippen LogP contribution is 2.36. The fourth-order valence-corrected chi connectivity index (χ4v) is 5.94. The molecule has 3 nitrogen and oxygen atoms in total. The van der Waals surface area contributed by atoms with Gasteiger partial charge in [0.15, 0.2) is 0 Å². The molecule has 0 bridgehead atoms. The summed E-state index contributed by atoms with van der Waals surface area (Å²) in [5.41, 5.74) is 1.07. The van der Waals surface area contributed by atoms with Crippen molar-refractivity contribution in [2.75, 3.05) is 0 Å². The van der Waals surface area contributed by atoms with Crippen LogP contribution in [0.15, 0.2) is 54.6 Å². The third-order valence-electron chi connectivity index (χ3n) is 8.08. The van der Waals surface area contributed by atoms with Crippen LogP contribution in [0.5, 0.6) is 0 Å². The molecule has 0 radical (unpaired) electrons. The lowest BCUT2D eigenvalue weighted by molar-refractivity contribution is 0.0628. The van der Waals surface area contributed by atoms with Crippen molar-refractivity contribution in [3.63, 3.8) is 0 Å². The Balaban J connectivity index is 1.51. The second-order valence-corrected chi connectivity index (χ2v) is 10.9. The number of unbranched alkanes of at least 4 members (excludes halogenated alkanes) is 6. The number of benzene rings is 4. The number of carbonyl (C=O) groups is 1. The number of hydrogen-bond donors (Lipinski definition) is 0. The number of carbonyl (C=O) groups excluding carboxylic acids is 1. The zero-order valence-electron chi connectivity index (χ0n) is 23.4. The lowest BCUT2D eigenvalue weighted by atomic mass is 9.92. The zero-order chi connectivity index (χ0) is 26.2. The van der Waals surface area contributed by atoms with E-state index in [2.05, 4.69) is 82.3 Å². The molecule has 0 aliphatic rings. The van der Waals surface area contributed by atoms with Gasteiger partial charge < -0.3 is 9.64 Å². The molecular formula is C34H45NO2. The Bertz CT molecular complexity index is 1250. The summed E-state index contributed by atoms with van der Waals surface area (Å²) in [7, 11) is 0. The van der Waals surface area contributed by atoms with Crippen LogP contribution in [-0.4, -0.2) is 23.1 Å². The van der Waals surface area contributed by atoms with E-state index in [1.165, 1.54) is 70.8 Å². The molecule has 0 saturated carbocycles. The smallest absolute Gasteiger partial charge is 0.410 e. The monoisotopic (exact) mass is 499 g/mol. The molecule has 4 rings (SSSR count). The molecule has 0 saturated heterocycles. The lowest BCUT2D eigenvalue weighted by Crippen LogP contribution is -2.45. The van der Waals surface area contributed by atoms with Crippen LogP contribution in [0.3, 0.4) is 0 Å². The van der Waals surface area contributed by atoms with Crippen LogP contribution in [0.2, 0.25) is 0 Å². The molecule has 0 aliphatic carbocycles. The van der Waals surface area contributed by atoms with Crippen molar-refractivity contribution in [3.8, 4) is 0 Å². The second kappa shape index (κ2) is 13.1. The number of rotatable bonds is 14. The molecule has 0 aliphatic heterocycles. The quantitative estimate of drug-likeness (QED) is 0.128. The summed E-state index contributed by atoms with van der Waals surface area (Å²) in [6.45, 7) is 9.18. The average Bonchev–Trinajstić information content (AvgIpc) is 2.91. The van der Waals surface area contributed by atoms with Crippen molar-refractivity contribution in [2.24, 2.45) is 0 Å². The van der Waals surface area contributed by atoms with E-state index in [0.29, 0.717) is 6.61 Å². The molecule has 0 aromatic heterocycles. The van der Waals surface area contributed by atoms with Crippen molar-refractivity contribution in [1.82, 2.24) is 4.90 Å². The maximum absolute atomic E-state index is 13.6. The van der Waals surface area contributed by atoms with Gasteiger partial charge in [0.05, 0.1) is 0 Å². The normalized spacial score (nSPS) is 13.4. The summed E-state index contributed by atoms with van der Waals surface area (Å²) in [4.78, 5) is 15.6. The average molecular weight is 500 g/mol. The lowest BCUT2D eigenvalue weighted by Gasteiger charge is -2.34. The first-order valence-electron chi connectivity index (χ1n) is 14.7. The van der Waals surface area contributed by atoms with Gasteiger partial charge in [-0.25, -0.2) is 4.79 Å². The molecule has 0 N–H and O–H groups in total. The molecule has 4 aromatic rings. The minimum absolute atomic E-state index is 0.170. The highest BCUT2D eigenvalue weighted by Gasteiger charge is 2.26. The molecule has 0 spiro atoms. The summed E-state index contributed by atoms with van der Waals surface area (Å²) in [5.74, 6) is 0. The summed E-state index contributed by atoms with van der Waals surface area (Å²) in [5, 5.41) is 7.50. The Kier molecular flexibility index (Phi) is 9.66. The maximum Gasteiger partial charge on any atom is 0.410 e. The third-order valence-corrected chi connectivity index (χ3v) is 8.08. The van der Waals surface area contributed by atoms with Crippen LogP contribution in [0.1, 0.15) is 97.5 Å². The van der Waals surface area contributed by atoms with Crippen LogP contribution >= 0.6 is 0 Å². The van der Waals surface area contributed by atoms with E-state index in [9.17, 15) is 4.79 Å². The Hall–Kier alpha value is -2.81. The Morgan fingerprint density at radius 2 is 1.24 bits per heavy atom. The number of nitrogens with zero attached hydrogens (tertiary/aromatic N) is 1. The first-order valence-corrected chi connectivity index (χ1v) is 14.7. The van der Waals surface area contributed by atoms with Crippen LogP contribution < -0.4 is 0 Å². The SMILES string of the molecule is CCCCCCC(C)N(C(=O)OCc1ccc2ccc3cccc4ccc1c2c34)C(C)CCCCCC. The van der Waals surface area contributed by atoms with Crippen molar-refractivity contribution in [2.45, 2.75) is 111 Å². The molecule has 4 aromatic carbocycles. The van der Waals surface area contributed by atoms with Gasteiger partial charge in [-0.05, 0) is 64.6 Å². The van der Waals surface area contributed by atoms with Gasteiger partial charge in [0.25, 0.3) is 0 Å². The van der Waals surface area contributed by atoms with Crippen LogP contribution in [0, 0.1) is 0 Å². The van der Waals surface area contributed by atoms with E-state index in [-0.39, 0.29) is 18.2 Å². The molecular weight excluding hydrogens is 454 g/mol. The first-order chi connectivity index (χ1) is 18.0. The predicted octanol–water partition coefficient (Wildman–Crippen LogP) is 10.2. The highest BCUT2D eigenvalue weighted by atomic mass is 16.6. The van der Waals surface area contributed by atoms with E-state index < -0.39 is 0 Å². The third kappa shape index (κ3) is 6.37. The first kappa shape index (κ1) is 27.2.